The van der Waals surface area contributed by atoms with Crippen molar-refractivity contribution in [3.8, 4) is 5.75 Å². The van der Waals surface area contributed by atoms with Crippen LogP contribution in [-0.4, -0.2) is 18.8 Å². The fourth-order valence-electron chi connectivity index (χ4n) is 2.62. The van der Waals surface area contributed by atoms with Crippen LogP contribution in [-0.2, 0) is 10.9 Å². The molecule has 2 rings (SSSR count). The maximum absolute atomic E-state index is 12.9. The van der Waals surface area contributed by atoms with Gasteiger partial charge in [-0.15, -0.1) is 0 Å². The minimum Gasteiger partial charge on any atom is -0.494 e. The molecular formula is C16H21F3O2. The Hall–Kier alpha value is -1.23. The number of ether oxygens (including phenoxy) is 2. The van der Waals surface area contributed by atoms with Crippen LogP contribution < -0.4 is 4.74 Å². The topological polar surface area (TPSA) is 21.8 Å². The molecule has 21 heavy (non-hydrogen) atoms. The summed E-state index contributed by atoms with van der Waals surface area (Å²) in [7, 11) is 0. The number of epoxide rings is 1. The van der Waals surface area contributed by atoms with Crippen LogP contribution in [0.15, 0.2) is 18.2 Å². The molecule has 0 spiro atoms. The van der Waals surface area contributed by atoms with E-state index >= 15 is 0 Å². The van der Waals surface area contributed by atoms with Crippen LogP contribution in [0.4, 0.5) is 13.2 Å². The van der Waals surface area contributed by atoms with E-state index in [1.165, 1.54) is 12.1 Å². The molecule has 3 atom stereocenters. The lowest BCUT2D eigenvalue weighted by molar-refractivity contribution is -0.137. The molecule has 1 aromatic rings. The van der Waals surface area contributed by atoms with E-state index in [1.807, 2.05) is 20.8 Å². The molecule has 1 aliphatic rings. The van der Waals surface area contributed by atoms with Gasteiger partial charge in [0.15, 0.2) is 0 Å². The molecule has 0 amide bonds. The second-order valence-electron chi connectivity index (χ2n) is 5.44. The largest absolute Gasteiger partial charge is 0.494 e. The van der Waals surface area contributed by atoms with Gasteiger partial charge in [0.25, 0.3) is 0 Å². The maximum Gasteiger partial charge on any atom is 0.416 e. The molecule has 5 heteroatoms. The summed E-state index contributed by atoms with van der Waals surface area (Å²) < 4.78 is 49.6. The first-order valence-electron chi connectivity index (χ1n) is 7.36. The summed E-state index contributed by atoms with van der Waals surface area (Å²) >= 11 is 0. The Morgan fingerprint density at radius 2 is 1.95 bits per heavy atom. The van der Waals surface area contributed by atoms with Gasteiger partial charge in [-0.1, -0.05) is 13.8 Å². The number of halogens is 3. The van der Waals surface area contributed by atoms with Crippen molar-refractivity contribution in [2.24, 2.45) is 0 Å². The van der Waals surface area contributed by atoms with Crippen LogP contribution in [0.2, 0.25) is 0 Å². The summed E-state index contributed by atoms with van der Waals surface area (Å²) in [4.78, 5) is 0. The Balaban J connectivity index is 2.21. The highest BCUT2D eigenvalue weighted by Gasteiger charge is 2.39. The molecule has 3 unspecified atom stereocenters. The van der Waals surface area contributed by atoms with Crippen molar-refractivity contribution in [3.63, 3.8) is 0 Å². The Bertz CT molecular complexity index is 485. The molecule has 0 aliphatic carbocycles. The summed E-state index contributed by atoms with van der Waals surface area (Å²) in [5.41, 5.74) is -0.0198. The molecule has 118 valence electrons. The van der Waals surface area contributed by atoms with Crippen LogP contribution in [0.3, 0.4) is 0 Å². The summed E-state index contributed by atoms with van der Waals surface area (Å²) in [6, 6.07) is 3.70. The van der Waals surface area contributed by atoms with E-state index in [2.05, 4.69) is 0 Å². The molecule has 1 saturated heterocycles. The monoisotopic (exact) mass is 302 g/mol. The summed E-state index contributed by atoms with van der Waals surface area (Å²) in [6.45, 7) is 6.23. The average Bonchev–Trinajstić information content (AvgIpc) is 3.16. The fourth-order valence-corrected chi connectivity index (χ4v) is 2.62. The third kappa shape index (κ3) is 3.90. The molecule has 1 aliphatic heterocycles. The highest BCUT2D eigenvalue weighted by molar-refractivity contribution is 5.40. The molecule has 0 aromatic heterocycles. The second kappa shape index (κ2) is 6.26. The predicted molar refractivity (Wildman–Crippen MR) is 74.6 cm³/mol. The minimum absolute atomic E-state index is 0.0320. The molecule has 0 saturated carbocycles. The highest BCUT2D eigenvalue weighted by atomic mass is 19.4. The van der Waals surface area contributed by atoms with Crippen molar-refractivity contribution in [1.82, 2.24) is 0 Å². The standard InChI is InChI=1S/C16H21F3O2/c1-4-13-15(21-13)8-10(3)12-9-11(16(17,18)19)6-7-14(12)20-5-2/h6-7,9-10,13,15H,4-5,8H2,1-3H3. The van der Waals surface area contributed by atoms with E-state index in [1.54, 1.807) is 0 Å². The second-order valence-corrected chi connectivity index (χ2v) is 5.44. The van der Waals surface area contributed by atoms with Crippen LogP contribution >= 0.6 is 0 Å². The Labute approximate surface area is 123 Å². The molecule has 1 heterocycles. The third-order valence-electron chi connectivity index (χ3n) is 3.84. The highest BCUT2D eigenvalue weighted by Crippen LogP contribution is 2.40. The van der Waals surface area contributed by atoms with E-state index in [0.717, 1.165) is 18.9 Å². The van der Waals surface area contributed by atoms with Crippen molar-refractivity contribution in [3.05, 3.63) is 29.3 Å². The van der Waals surface area contributed by atoms with Gasteiger partial charge in [0, 0.05) is 0 Å². The lowest BCUT2D eigenvalue weighted by Gasteiger charge is -2.18. The Morgan fingerprint density at radius 3 is 2.48 bits per heavy atom. The van der Waals surface area contributed by atoms with Gasteiger partial charge in [0.1, 0.15) is 5.75 Å². The maximum atomic E-state index is 12.9. The van der Waals surface area contributed by atoms with Crippen LogP contribution in [0.5, 0.6) is 5.75 Å². The van der Waals surface area contributed by atoms with Gasteiger partial charge in [0.2, 0.25) is 0 Å². The summed E-state index contributed by atoms with van der Waals surface area (Å²) in [5, 5.41) is 0. The van der Waals surface area contributed by atoms with Gasteiger partial charge >= 0.3 is 6.18 Å². The molecule has 0 bridgehead atoms. The van der Waals surface area contributed by atoms with Gasteiger partial charge in [-0.05, 0) is 49.4 Å². The van der Waals surface area contributed by atoms with Gasteiger partial charge < -0.3 is 9.47 Å². The zero-order valence-corrected chi connectivity index (χ0v) is 12.5. The quantitative estimate of drug-likeness (QED) is 0.706. The molecule has 0 N–H and O–H groups in total. The first-order valence-corrected chi connectivity index (χ1v) is 7.36. The van der Waals surface area contributed by atoms with Crippen molar-refractivity contribution in [1.29, 1.82) is 0 Å². The number of benzene rings is 1. The summed E-state index contributed by atoms with van der Waals surface area (Å²) in [5.74, 6) is 0.502. The number of hydrogen-bond acceptors (Lipinski definition) is 2. The number of hydrogen-bond donors (Lipinski definition) is 0. The lowest BCUT2D eigenvalue weighted by atomic mass is 9.92. The van der Waals surface area contributed by atoms with Gasteiger partial charge in [-0.3, -0.25) is 0 Å². The zero-order chi connectivity index (χ0) is 15.6. The smallest absolute Gasteiger partial charge is 0.416 e. The Kier molecular flexibility index (Phi) is 4.81. The fraction of sp³-hybridized carbons (Fsp3) is 0.625. The van der Waals surface area contributed by atoms with E-state index < -0.39 is 11.7 Å². The third-order valence-corrected chi connectivity index (χ3v) is 3.84. The van der Waals surface area contributed by atoms with Gasteiger partial charge in [-0.25, -0.2) is 0 Å². The average molecular weight is 302 g/mol. The SMILES string of the molecule is CCOc1ccc(C(F)(F)F)cc1C(C)CC1OC1CC. The van der Waals surface area contributed by atoms with Crippen molar-refractivity contribution in [2.45, 2.75) is 57.9 Å². The first kappa shape index (κ1) is 16.1. The van der Waals surface area contributed by atoms with Crippen molar-refractivity contribution >= 4 is 0 Å². The molecule has 0 radical (unpaired) electrons. The van der Waals surface area contributed by atoms with Crippen LogP contribution in [0.25, 0.3) is 0 Å². The van der Waals surface area contributed by atoms with E-state index in [4.69, 9.17) is 9.47 Å². The van der Waals surface area contributed by atoms with Crippen molar-refractivity contribution in [2.75, 3.05) is 6.61 Å². The minimum atomic E-state index is -4.33. The molecular weight excluding hydrogens is 281 g/mol. The van der Waals surface area contributed by atoms with E-state index in [-0.39, 0.29) is 18.1 Å². The van der Waals surface area contributed by atoms with Gasteiger partial charge in [0.05, 0.1) is 24.4 Å². The van der Waals surface area contributed by atoms with Crippen LogP contribution in [0, 0.1) is 0 Å². The Morgan fingerprint density at radius 1 is 1.24 bits per heavy atom. The summed E-state index contributed by atoms with van der Waals surface area (Å²) in [6.07, 6.45) is -2.25. The van der Waals surface area contributed by atoms with E-state index in [9.17, 15) is 13.2 Å². The lowest BCUT2D eigenvalue weighted by Crippen LogP contribution is -2.09. The normalized spacial score (nSPS) is 23.0. The number of alkyl halides is 3. The van der Waals surface area contributed by atoms with Crippen LogP contribution in [0.1, 0.15) is 50.7 Å². The predicted octanol–water partition coefficient (Wildman–Crippen LogP) is 4.78. The molecule has 1 aromatic carbocycles. The van der Waals surface area contributed by atoms with E-state index in [0.29, 0.717) is 17.9 Å². The zero-order valence-electron chi connectivity index (χ0n) is 12.5. The number of rotatable bonds is 6. The van der Waals surface area contributed by atoms with Gasteiger partial charge in [-0.2, -0.15) is 13.2 Å². The van der Waals surface area contributed by atoms with Crippen molar-refractivity contribution < 1.29 is 22.6 Å². The first-order chi connectivity index (χ1) is 9.86. The molecule has 2 nitrogen and oxygen atoms in total. The molecule has 1 fully saturated rings.